The smallest absolute Gasteiger partial charge is 0.268 e. The Morgan fingerprint density at radius 1 is 1.41 bits per heavy atom. The summed E-state index contributed by atoms with van der Waals surface area (Å²) in [7, 11) is 3.11. The second-order valence-corrected chi connectivity index (χ2v) is 6.89. The van der Waals surface area contributed by atoms with Crippen molar-refractivity contribution < 1.29 is 13.9 Å². The molecular weight excluding hydrogens is 351 g/mol. The number of carbonyl (C=O) groups excluding carboxylic acids is 1. The summed E-state index contributed by atoms with van der Waals surface area (Å²) < 4.78 is 20.2. The minimum Gasteiger partial charge on any atom is -0.378 e. The van der Waals surface area contributed by atoms with Gasteiger partial charge in [-0.05, 0) is 31.9 Å². The molecule has 1 amide bonds. The third-order valence-electron chi connectivity index (χ3n) is 5.28. The summed E-state index contributed by atoms with van der Waals surface area (Å²) in [6.45, 7) is 3.10. The zero-order chi connectivity index (χ0) is 19.8. The maximum atomic E-state index is 14.6. The standard InChI is InChI=1S/C19H21FN4O3/c1-19(27-3)4-6-24(7-5-19)16-12-8-11(17(25)22-2)9-14(20)15(12)23-18(26)13(16)10-21/h8-9H,4-7H2,1-3H3,(H,22,25)(H,23,26). The molecule has 2 aromatic rings. The highest BCUT2D eigenvalue weighted by molar-refractivity contribution is 6.02. The quantitative estimate of drug-likeness (QED) is 0.858. The van der Waals surface area contributed by atoms with E-state index in [4.69, 9.17) is 4.74 Å². The molecule has 0 radical (unpaired) electrons. The highest BCUT2D eigenvalue weighted by Gasteiger charge is 2.32. The van der Waals surface area contributed by atoms with Crippen molar-refractivity contribution in [3.63, 3.8) is 0 Å². The number of halogens is 1. The molecule has 1 aromatic carbocycles. The van der Waals surface area contributed by atoms with Crippen LogP contribution in [0.5, 0.6) is 0 Å². The van der Waals surface area contributed by atoms with E-state index < -0.39 is 17.3 Å². The van der Waals surface area contributed by atoms with E-state index in [0.717, 1.165) is 6.07 Å². The van der Waals surface area contributed by atoms with E-state index in [9.17, 15) is 19.2 Å². The predicted molar refractivity (Wildman–Crippen MR) is 99.5 cm³/mol. The second-order valence-electron chi connectivity index (χ2n) is 6.89. The molecule has 1 aliphatic heterocycles. The van der Waals surface area contributed by atoms with E-state index in [1.807, 2.05) is 17.9 Å². The number of nitrogens with zero attached hydrogens (tertiary/aromatic N) is 2. The van der Waals surface area contributed by atoms with Crippen molar-refractivity contribution in [2.45, 2.75) is 25.4 Å². The molecule has 0 spiro atoms. The first-order valence-corrected chi connectivity index (χ1v) is 8.65. The Kier molecular flexibility index (Phi) is 4.89. The Balaban J connectivity index is 2.23. The van der Waals surface area contributed by atoms with Crippen molar-refractivity contribution in [3.8, 4) is 6.07 Å². The lowest BCUT2D eigenvalue weighted by molar-refractivity contribution is -0.0132. The zero-order valence-corrected chi connectivity index (χ0v) is 15.5. The fraction of sp³-hybridized carbons (Fsp3) is 0.421. The molecule has 0 unspecified atom stereocenters. The van der Waals surface area contributed by atoms with Gasteiger partial charge in [0.1, 0.15) is 17.4 Å². The second kappa shape index (κ2) is 7.00. The van der Waals surface area contributed by atoms with Crippen molar-refractivity contribution >= 4 is 22.5 Å². The molecule has 0 saturated carbocycles. The number of methoxy groups -OCH3 is 1. The Morgan fingerprint density at radius 2 is 2.07 bits per heavy atom. The summed E-state index contributed by atoms with van der Waals surface area (Å²) in [6, 6.07) is 4.51. The Hall–Kier alpha value is -2.92. The van der Waals surface area contributed by atoms with Crippen LogP contribution in [-0.4, -0.2) is 43.7 Å². The molecule has 142 valence electrons. The number of nitriles is 1. The number of fused-ring (bicyclic) bond motifs is 1. The minimum atomic E-state index is -0.715. The fourth-order valence-electron chi connectivity index (χ4n) is 3.45. The van der Waals surface area contributed by atoms with Gasteiger partial charge in [-0.15, -0.1) is 0 Å². The number of hydrogen-bond acceptors (Lipinski definition) is 5. The SMILES string of the molecule is CNC(=O)c1cc(F)c2[nH]c(=O)c(C#N)c(N3CCC(C)(OC)CC3)c2c1. The number of rotatable bonds is 3. The van der Waals surface area contributed by atoms with E-state index >= 15 is 0 Å². The van der Waals surface area contributed by atoms with Crippen molar-refractivity contribution in [1.29, 1.82) is 5.26 Å². The number of benzene rings is 1. The molecule has 7 nitrogen and oxygen atoms in total. The number of pyridine rings is 1. The van der Waals surface area contributed by atoms with Crippen LogP contribution in [-0.2, 0) is 4.74 Å². The molecule has 1 aliphatic rings. The summed E-state index contributed by atoms with van der Waals surface area (Å²) in [5.41, 5.74) is -0.540. The zero-order valence-electron chi connectivity index (χ0n) is 15.5. The molecule has 1 aromatic heterocycles. The van der Waals surface area contributed by atoms with E-state index in [1.165, 1.54) is 13.1 Å². The molecule has 1 fully saturated rings. The summed E-state index contributed by atoms with van der Waals surface area (Å²) in [5.74, 6) is -1.16. The number of anilines is 1. The van der Waals surface area contributed by atoms with Crippen LogP contribution in [0.3, 0.4) is 0 Å². The lowest BCUT2D eigenvalue weighted by Crippen LogP contribution is -2.44. The van der Waals surface area contributed by atoms with Crippen LogP contribution in [0, 0.1) is 17.1 Å². The number of carbonyl (C=O) groups is 1. The molecule has 8 heteroatoms. The summed E-state index contributed by atoms with van der Waals surface area (Å²) in [4.78, 5) is 28.7. The van der Waals surface area contributed by atoms with Crippen molar-refractivity contribution in [3.05, 3.63) is 39.4 Å². The van der Waals surface area contributed by atoms with Gasteiger partial charge in [0.2, 0.25) is 0 Å². The average Bonchev–Trinajstić information content (AvgIpc) is 2.67. The topological polar surface area (TPSA) is 98.2 Å². The van der Waals surface area contributed by atoms with E-state index in [2.05, 4.69) is 10.3 Å². The maximum absolute atomic E-state index is 14.6. The van der Waals surface area contributed by atoms with E-state index in [1.54, 1.807) is 7.11 Å². The van der Waals surface area contributed by atoms with Gasteiger partial charge in [-0.1, -0.05) is 0 Å². The van der Waals surface area contributed by atoms with Crippen LogP contribution >= 0.6 is 0 Å². The van der Waals surface area contributed by atoms with Gasteiger partial charge >= 0.3 is 0 Å². The normalized spacial score (nSPS) is 16.2. The number of aromatic amines is 1. The van der Waals surface area contributed by atoms with Crippen LogP contribution in [0.1, 0.15) is 35.7 Å². The monoisotopic (exact) mass is 372 g/mol. The number of H-pyrrole nitrogens is 1. The highest BCUT2D eigenvalue weighted by atomic mass is 19.1. The van der Waals surface area contributed by atoms with Crippen LogP contribution in [0.2, 0.25) is 0 Å². The largest absolute Gasteiger partial charge is 0.378 e. The van der Waals surface area contributed by atoms with Gasteiger partial charge in [-0.3, -0.25) is 9.59 Å². The molecule has 0 atom stereocenters. The highest BCUT2D eigenvalue weighted by Crippen LogP contribution is 2.34. The molecular formula is C19H21FN4O3. The van der Waals surface area contributed by atoms with Gasteiger partial charge in [0.25, 0.3) is 11.5 Å². The first-order chi connectivity index (χ1) is 12.8. The average molecular weight is 372 g/mol. The molecule has 2 N–H and O–H groups in total. The fourth-order valence-corrected chi connectivity index (χ4v) is 3.45. The van der Waals surface area contributed by atoms with Crippen molar-refractivity contribution in [2.24, 2.45) is 0 Å². The number of aromatic nitrogens is 1. The van der Waals surface area contributed by atoms with Gasteiger partial charge in [-0.2, -0.15) is 5.26 Å². The number of ether oxygens (including phenoxy) is 1. The van der Waals surface area contributed by atoms with Gasteiger partial charge in [0, 0.05) is 38.2 Å². The predicted octanol–water partition coefficient (Wildman–Crippen LogP) is 1.90. The maximum Gasteiger partial charge on any atom is 0.268 e. The number of hydrogen-bond donors (Lipinski definition) is 2. The summed E-state index contributed by atoms with van der Waals surface area (Å²) >= 11 is 0. The summed E-state index contributed by atoms with van der Waals surface area (Å²) in [6.07, 6.45) is 1.39. The number of amides is 1. The lowest BCUT2D eigenvalue weighted by atomic mass is 9.92. The van der Waals surface area contributed by atoms with Gasteiger partial charge in [0.15, 0.2) is 0 Å². The molecule has 2 heterocycles. The molecule has 0 aliphatic carbocycles. The van der Waals surface area contributed by atoms with Crippen molar-refractivity contribution in [1.82, 2.24) is 10.3 Å². The Labute approximate surface area is 155 Å². The van der Waals surface area contributed by atoms with Crippen LogP contribution in [0.15, 0.2) is 16.9 Å². The van der Waals surface area contributed by atoms with Gasteiger partial charge in [-0.25, -0.2) is 4.39 Å². The molecule has 27 heavy (non-hydrogen) atoms. The van der Waals surface area contributed by atoms with Crippen LogP contribution in [0.4, 0.5) is 10.1 Å². The van der Waals surface area contributed by atoms with Crippen LogP contribution in [0.25, 0.3) is 10.9 Å². The Morgan fingerprint density at radius 3 is 2.63 bits per heavy atom. The van der Waals surface area contributed by atoms with Crippen LogP contribution < -0.4 is 15.8 Å². The minimum absolute atomic E-state index is 0.0123. The van der Waals surface area contributed by atoms with Gasteiger partial charge in [0.05, 0.1) is 16.8 Å². The third kappa shape index (κ3) is 3.26. The first-order valence-electron chi connectivity index (χ1n) is 8.65. The van der Waals surface area contributed by atoms with E-state index in [0.29, 0.717) is 37.0 Å². The van der Waals surface area contributed by atoms with Gasteiger partial charge < -0.3 is 19.9 Å². The van der Waals surface area contributed by atoms with Crippen molar-refractivity contribution in [2.75, 3.05) is 32.1 Å². The third-order valence-corrected chi connectivity index (χ3v) is 5.28. The molecule has 1 saturated heterocycles. The lowest BCUT2D eigenvalue weighted by Gasteiger charge is -2.40. The number of piperidine rings is 1. The number of nitrogens with one attached hydrogen (secondary N) is 2. The van der Waals surface area contributed by atoms with E-state index in [-0.39, 0.29) is 22.2 Å². The molecule has 3 rings (SSSR count). The Bertz CT molecular complexity index is 1000. The molecule has 0 bridgehead atoms. The first kappa shape index (κ1) is 18.9. The summed E-state index contributed by atoms with van der Waals surface area (Å²) in [5, 5.41) is 12.3.